The Morgan fingerprint density at radius 1 is 1.07 bits per heavy atom. The van der Waals surface area contributed by atoms with E-state index < -0.39 is 17.3 Å². The van der Waals surface area contributed by atoms with Gasteiger partial charge in [-0.1, -0.05) is 19.1 Å². The first-order valence-corrected chi connectivity index (χ1v) is 15.3. The average molecular weight is 642 g/mol. The van der Waals surface area contributed by atoms with Crippen LogP contribution in [-0.2, 0) is 0 Å². The Kier molecular flexibility index (Phi) is 11.0. The molecule has 0 atom stereocenters. The molecule has 5 rings (SSSR count). The van der Waals surface area contributed by atoms with Crippen LogP contribution >= 0.6 is 11.6 Å². The molecule has 2 heterocycles. The number of urea groups is 1. The van der Waals surface area contributed by atoms with E-state index in [1.165, 1.54) is 7.11 Å². The number of amides is 2. The van der Waals surface area contributed by atoms with Crippen LogP contribution in [0, 0.1) is 10.8 Å². The third kappa shape index (κ3) is 7.70. The maximum absolute atomic E-state index is 12.9. The number of nitroso groups, excluding NO2 is 1. The maximum atomic E-state index is 12.9. The lowest BCUT2D eigenvalue weighted by molar-refractivity contribution is 0.158. The molecule has 1 saturated carbocycles. The molecule has 12 heteroatoms. The number of halogens is 1. The first-order chi connectivity index (χ1) is 21.5. The van der Waals surface area contributed by atoms with Crippen molar-refractivity contribution in [3.8, 4) is 34.1 Å². The van der Waals surface area contributed by atoms with E-state index in [1.54, 1.807) is 44.6 Å². The SMILES string of the molecule is CC1CCC(NC(=O)N(CCCl)N=O)CC1.COc1ccc(-c2c(OC)c3c(OC)c4c(cc3oc2=O)OC(C)(C)C=C4)cc1. The standard InChI is InChI=1S/C23H22O6.C10H18ClN3O2/c1-23(2)11-10-15-16(29-23)12-17-19(20(15)26-4)21(27-5)18(22(24)28-17)13-6-8-14(25-3)9-7-13;1-8-2-4-9(5-3-8)12-10(15)14(13-16)7-6-11/h6-12H,1-5H3;8-9H,2-7H2,1H3,(H,12,15). The van der Waals surface area contributed by atoms with Crippen LogP contribution in [0.2, 0.25) is 0 Å². The van der Waals surface area contributed by atoms with E-state index in [1.807, 2.05) is 26.0 Å². The van der Waals surface area contributed by atoms with Crippen molar-refractivity contribution in [1.29, 1.82) is 0 Å². The number of methoxy groups -OCH3 is 3. The van der Waals surface area contributed by atoms with E-state index in [-0.39, 0.29) is 18.5 Å². The number of benzene rings is 2. The summed E-state index contributed by atoms with van der Waals surface area (Å²) in [5.74, 6) is 3.13. The van der Waals surface area contributed by atoms with Crippen molar-refractivity contribution in [3.05, 3.63) is 57.3 Å². The summed E-state index contributed by atoms with van der Waals surface area (Å²) in [5.41, 5.74) is 1.11. The summed E-state index contributed by atoms with van der Waals surface area (Å²) in [6, 6.07) is 8.58. The van der Waals surface area contributed by atoms with E-state index in [0.29, 0.717) is 45.1 Å². The minimum atomic E-state index is -0.507. The normalized spacial score (nSPS) is 18.0. The van der Waals surface area contributed by atoms with Gasteiger partial charge in [-0.05, 0) is 75.3 Å². The molecule has 1 aliphatic heterocycles. The van der Waals surface area contributed by atoms with E-state index >= 15 is 0 Å². The van der Waals surface area contributed by atoms with Crippen LogP contribution < -0.4 is 29.9 Å². The highest BCUT2D eigenvalue weighted by atomic mass is 35.5. The predicted molar refractivity (Wildman–Crippen MR) is 174 cm³/mol. The summed E-state index contributed by atoms with van der Waals surface area (Å²) >= 11 is 5.46. The fraction of sp³-hybridized carbons (Fsp3) is 0.455. The number of rotatable bonds is 8. The topological polar surface area (TPSA) is 129 Å². The fourth-order valence-corrected chi connectivity index (χ4v) is 5.63. The highest BCUT2D eigenvalue weighted by Crippen LogP contribution is 2.47. The molecule has 0 spiro atoms. The lowest BCUT2D eigenvalue weighted by Gasteiger charge is -2.29. The summed E-state index contributed by atoms with van der Waals surface area (Å²) < 4.78 is 28.3. The predicted octanol–water partition coefficient (Wildman–Crippen LogP) is 7.17. The zero-order valence-electron chi connectivity index (χ0n) is 26.5. The maximum Gasteiger partial charge on any atom is 0.347 e. The highest BCUT2D eigenvalue weighted by Gasteiger charge is 2.29. The molecule has 0 radical (unpaired) electrons. The molecular weight excluding hydrogens is 602 g/mol. The summed E-state index contributed by atoms with van der Waals surface area (Å²) in [6.45, 7) is 6.27. The van der Waals surface area contributed by atoms with Crippen molar-refractivity contribution in [3.63, 3.8) is 0 Å². The number of carbonyl (C=O) groups excluding carboxylic acids is 1. The zero-order chi connectivity index (χ0) is 32.7. The van der Waals surface area contributed by atoms with Gasteiger partial charge < -0.3 is 28.7 Å². The number of hydrogen-bond acceptors (Lipinski definition) is 9. The second kappa shape index (κ2) is 14.7. The molecule has 2 aromatic carbocycles. The van der Waals surface area contributed by atoms with Gasteiger partial charge in [0.15, 0.2) is 0 Å². The quantitative estimate of drug-likeness (QED) is 0.119. The second-order valence-corrected chi connectivity index (χ2v) is 11.9. The molecular formula is C33H40ClN3O8. The van der Waals surface area contributed by atoms with Gasteiger partial charge in [0.25, 0.3) is 0 Å². The summed E-state index contributed by atoms with van der Waals surface area (Å²) in [4.78, 5) is 34.9. The number of hydrogen-bond donors (Lipinski definition) is 1. The lowest BCUT2D eigenvalue weighted by Crippen LogP contribution is -2.44. The van der Waals surface area contributed by atoms with Gasteiger partial charge >= 0.3 is 11.7 Å². The minimum absolute atomic E-state index is 0.153. The van der Waals surface area contributed by atoms with Crippen molar-refractivity contribution in [2.24, 2.45) is 11.2 Å². The summed E-state index contributed by atoms with van der Waals surface area (Å²) in [5, 5.41) is 6.87. The lowest BCUT2D eigenvalue weighted by atomic mass is 9.87. The van der Waals surface area contributed by atoms with Crippen LogP contribution in [-0.4, -0.2) is 56.4 Å². The number of ether oxygens (including phenoxy) is 4. The number of alkyl halides is 1. The molecule has 1 fully saturated rings. The molecule has 2 aliphatic rings. The van der Waals surface area contributed by atoms with Gasteiger partial charge in [-0.25, -0.2) is 9.59 Å². The zero-order valence-corrected chi connectivity index (χ0v) is 27.2. The van der Waals surface area contributed by atoms with Gasteiger partial charge in [0.1, 0.15) is 45.1 Å². The Labute approximate surface area is 267 Å². The molecule has 0 unspecified atom stereocenters. The third-order valence-electron chi connectivity index (χ3n) is 7.89. The number of nitrogens with one attached hydrogen (secondary N) is 1. The highest BCUT2D eigenvalue weighted by molar-refractivity contribution is 6.18. The average Bonchev–Trinajstić information content (AvgIpc) is 3.02. The first-order valence-electron chi connectivity index (χ1n) is 14.8. The van der Waals surface area contributed by atoms with E-state index in [4.69, 9.17) is 35.0 Å². The van der Waals surface area contributed by atoms with Crippen molar-refractivity contribution in [2.75, 3.05) is 33.8 Å². The Bertz CT molecular complexity index is 1590. The van der Waals surface area contributed by atoms with Gasteiger partial charge in [0, 0.05) is 18.0 Å². The van der Waals surface area contributed by atoms with Gasteiger partial charge in [0.05, 0.1) is 38.7 Å². The number of nitrogens with zero attached hydrogens (tertiary/aromatic N) is 2. The van der Waals surface area contributed by atoms with E-state index in [9.17, 15) is 14.5 Å². The summed E-state index contributed by atoms with van der Waals surface area (Å²) in [6.07, 6.45) is 8.10. The van der Waals surface area contributed by atoms with Gasteiger partial charge in [-0.2, -0.15) is 5.01 Å². The molecule has 1 N–H and O–H groups in total. The van der Waals surface area contributed by atoms with Crippen LogP contribution in [0.25, 0.3) is 28.2 Å². The molecule has 242 valence electrons. The largest absolute Gasteiger partial charge is 0.497 e. The Hall–Kier alpha value is -4.25. The van der Waals surface area contributed by atoms with Crippen molar-refractivity contribution < 1.29 is 28.2 Å². The third-order valence-corrected chi connectivity index (χ3v) is 8.06. The summed E-state index contributed by atoms with van der Waals surface area (Å²) in [7, 11) is 4.68. The molecule has 1 aliphatic carbocycles. The molecule has 0 bridgehead atoms. The van der Waals surface area contributed by atoms with Gasteiger partial charge in [-0.3, -0.25) is 0 Å². The van der Waals surface area contributed by atoms with E-state index in [0.717, 1.165) is 42.2 Å². The Morgan fingerprint density at radius 2 is 1.73 bits per heavy atom. The molecule has 2 amide bonds. The van der Waals surface area contributed by atoms with E-state index in [2.05, 4.69) is 17.5 Å². The van der Waals surface area contributed by atoms with Crippen LogP contribution in [0.5, 0.6) is 23.0 Å². The molecule has 3 aromatic rings. The monoisotopic (exact) mass is 641 g/mol. The van der Waals surface area contributed by atoms with Crippen LogP contribution in [0.15, 0.2) is 50.9 Å². The number of fused-ring (bicyclic) bond motifs is 2. The van der Waals surface area contributed by atoms with Gasteiger partial charge in [-0.15, -0.1) is 16.5 Å². The first kappa shape index (κ1) is 33.6. The van der Waals surface area contributed by atoms with Crippen LogP contribution in [0.1, 0.15) is 52.0 Å². The van der Waals surface area contributed by atoms with Crippen molar-refractivity contribution in [1.82, 2.24) is 10.3 Å². The van der Waals surface area contributed by atoms with Crippen molar-refractivity contribution in [2.45, 2.75) is 58.1 Å². The van der Waals surface area contributed by atoms with Crippen LogP contribution in [0.4, 0.5) is 4.79 Å². The Morgan fingerprint density at radius 3 is 2.31 bits per heavy atom. The number of carbonyl (C=O) groups is 1. The smallest absolute Gasteiger partial charge is 0.347 e. The molecule has 45 heavy (non-hydrogen) atoms. The minimum Gasteiger partial charge on any atom is -0.497 e. The Balaban J connectivity index is 0.000000245. The second-order valence-electron chi connectivity index (χ2n) is 11.6. The molecule has 1 aromatic heterocycles. The fourth-order valence-electron chi connectivity index (χ4n) is 5.47. The molecule has 11 nitrogen and oxygen atoms in total. The van der Waals surface area contributed by atoms with Crippen LogP contribution in [0.3, 0.4) is 0 Å². The van der Waals surface area contributed by atoms with Gasteiger partial charge in [0.2, 0.25) is 0 Å². The molecule has 0 saturated heterocycles. The van der Waals surface area contributed by atoms with Crippen molar-refractivity contribution >= 4 is 34.7 Å².